The van der Waals surface area contributed by atoms with Gasteiger partial charge in [-0.1, -0.05) is 267 Å². The van der Waals surface area contributed by atoms with E-state index in [1.807, 2.05) is 21.1 Å². The van der Waals surface area contributed by atoms with E-state index in [0.717, 1.165) is 116 Å². The van der Waals surface area contributed by atoms with Crippen molar-refractivity contribution in [3.8, 4) is 0 Å². The summed E-state index contributed by atoms with van der Waals surface area (Å²) in [4.78, 5) is 37.4. The third kappa shape index (κ3) is 66.0. The van der Waals surface area contributed by atoms with Crippen LogP contribution in [0.25, 0.3) is 0 Å². The molecule has 0 saturated carbocycles. The van der Waals surface area contributed by atoms with Gasteiger partial charge in [-0.15, -0.1) is 0 Å². The molecule has 9 heteroatoms. The molecule has 0 aromatic rings. The molecule has 85 heavy (non-hydrogen) atoms. The monoisotopic (exact) mass is 1180 g/mol. The van der Waals surface area contributed by atoms with Crippen LogP contribution in [0, 0.1) is 0 Å². The van der Waals surface area contributed by atoms with Crippen molar-refractivity contribution >= 4 is 17.9 Å². The molecule has 0 saturated heterocycles. The lowest BCUT2D eigenvalue weighted by Crippen LogP contribution is -2.44. The van der Waals surface area contributed by atoms with E-state index in [1.165, 1.54) is 77.0 Å². The Morgan fingerprint density at radius 2 is 0.647 bits per heavy atom. The van der Waals surface area contributed by atoms with E-state index < -0.39 is 30.3 Å². The van der Waals surface area contributed by atoms with Crippen LogP contribution in [-0.2, 0) is 33.3 Å². The predicted molar refractivity (Wildman–Crippen MR) is 361 cm³/mol. The van der Waals surface area contributed by atoms with Crippen LogP contribution < -0.4 is 5.11 Å². The summed E-state index contributed by atoms with van der Waals surface area (Å²) in [6, 6.07) is 0. The maximum Gasteiger partial charge on any atom is 0.306 e. The zero-order valence-corrected chi connectivity index (χ0v) is 54.4. The van der Waals surface area contributed by atoms with Crippen LogP contribution in [-0.4, -0.2) is 82.3 Å². The normalized spacial score (nSPS) is 13.8. The summed E-state index contributed by atoms with van der Waals surface area (Å²) in [5.41, 5.74) is 0. The van der Waals surface area contributed by atoms with Crippen LogP contribution in [0.3, 0.4) is 0 Å². The van der Waals surface area contributed by atoms with Gasteiger partial charge in [0.05, 0.1) is 40.3 Å². The lowest BCUT2D eigenvalue weighted by atomic mass is 10.0. The topological polar surface area (TPSA) is 111 Å². The van der Waals surface area contributed by atoms with Crippen LogP contribution in [0.15, 0.2) is 170 Å². The average molecular weight is 1180 g/mol. The number of hydrogen-bond acceptors (Lipinski definition) is 8. The number of likely N-dealkylation sites (N-methyl/N-ethyl adjacent to an activating group) is 1. The van der Waals surface area contributed by atoms with E-state index in [-0.39, 0.29) is 32.7 Å². The van der Waals surface area contributed by atoms with Crippen molar-refractivity contribution < 1.29 is 42.9 Å². The Bertz CT molecular complexity index is 2000. The summed E-state index contributed by atoms with van der Waals surface area (Å²) >= 11 is 0. The highest BCUT2D eigenvalue weighted by Crippen LogP contribution is 2.15. The molecule has 2 unspecified atom stereocenters. The molecule has 9 nitrogen and oxygen atoms in total. The SMILES string of the molecule is CC/C=C\C/C=C\C/C=C\C/C=C\C/C=C\C/C=C\C/C=C\CCCCCCCCCCCCCCCCCC(=O)OC(COC(=O)CCC/C=C\C/C=C\C/C=C\C/C=C\C/C=C\C/C=C\C/C=C\CC)COC(OCC[N+](C)(C)C)C(=O)[O-]. The second kappa shape index (κ2) is 64.6. The van der Waals surface area contributed by atoms with Crippen LogP contribution in [0.2, 0.25) is 0 Å². The Kier molecular flexibility index (Phi) is 60.6. The molecule has 0 aliphatic rings. The zero-order chi connectivity index (χ0) is 61.9. The van der Waals surface area contributed by atoms with E-state index in [9.17, 15) is 19.5 Å². The molecule has 0 aliphatic heterocycles. The lowest BCUT2D eigenvalue weighted by molar-refractivity contribution is -0.870. The minimum absolute atomic E-state index is 0.130. The molecule has 0 aromatic heterocycles. The third-order valence-corrected chi connectivity index (χ3v) is 13.5. The summed E-state index contributed by atoms with van der Waals surface area (Å²) in [5.74, 6) is -2.38. The van der Waals surface area contributed by atoms with Gasteiger partial charge in [0.2, 0.25) is 0 Å². The number of allylic oxidation sites excluding steroid dienone is 28. The van der Waals surface area contributed by atoms with Gasteiger partial charge in [-0.25, -0.2) is 0 Å². The number of rotatable bonds is 59. The van der Waals surface area contributed by atoms with Gasteiger partial charge in [0.1, 0.15) is 13.2 Å². The molecule has 0 amide bonds. The van der Waals surface area contributed by atoms with E-state index in [2.05, 4.69) is 184 Å². The molecule has 478 valence electrons. The molecule has 0 aromatic carbocycles. The highest BCUT2D eigenvalue weighted by Gasteiger charge is 2.22. The summed E-state index contributed by atoms with van der Waals surface area (Å²) in [6.45, 7) is 4.44. The number of ether oxygens (including phenoxy) is 4. The molecule has 0 radical (unpaired) electrons. The summed E-state index contributed by atoms with van der Waals surface area (Å²) in [7, 11) is 5.90. The summed E-state index contributed by atoms with van der Waals surface area (Å²) < 4.78 is 22.7. The number of carbonyl (C=O) groups excluding carboxylic acids is 3. The Hall–Kier alpha value is -5.35. The minimum atomic E-state index is -1.65. The van der Waals surface area contributed by atoms with Crippen molar-refractivity contribution in [1.29, 1.82) is 0 Å². The Balaban J connectivity index is 4.22. The first-order chi connectivity index (χ1) is 41.6. The summed E-state index contributed by atoms with van der Waals surface area (Å²) in [5, 5.41) is 11.8. The molecule has 0 aliphatic carbocycles. The van der Waals surface area contributed by atoms with Crippen molar-refractivity contribution in [3.05, 3.63) is 170 Å². The molecule has 0 heterocycles. The van der Waals surface area contributed by atoms with Gasteiger partial charge in [0.25, 0.3) is 0 Å². The van der Waals surface area contributed by atoms with Gasteiger partial charge in [-0.05, 0) is 122 Å². The van der Waals surface area contributed by atoms with Crippen molar-refractivity contribution in [1.82, 2.24) is 0 Å². The van der Waals surface area contributed by atoms with Gasteiger partial charge >= 0.3 is 11.9 Å². The number of carboxylic acid groups (broad SMARTS) is 1. The zero-order valence-electron chi connectivity index (χ0n) is 54.4. The smallest absolute Gasteiger partial charge is 0.306 e. The first kappa shape index (κ1) is 79.7. The highest BCUT2D eigenvalue weighted by atomic mass is 16.7. The largest absolute Gasteiger partial charge is 0.545 e. The van der Waals surface area contributed by atoms with Crippen LogP contribution in [0.5, 0.6) is 0 Å². The van der Waals surface area contributed by atoms with Crippen molar-refractivity contribution in [2.45, 2.75) is 245 Å². The molecule has 0 fully saturated rings. The van der Waals surface area contributed by atoms with Crippen molar-refractivity contribution in [2.75, 3.05) is 47.5 Å². The molecule has 0 N–H and O–H groups in total. The quantitative estimate of drug-likeness (QED) is 0.0195. The number of aliphatic carboxylic acids is 1. The number of carbonyl (C=O) groups is 3. The van der Waals surface area contributed by atoms with E-state index >= 15 is 0 Å². The number of esters is 2. The summed E-state index contributed by atoms with van der Waals surface area (Å²) in [6.07, 6.45) is 94.3. The maximum absolute atomic E-state index is 12.9. The average Bonchev–Trinajstić information content (AvgIpc) is 3.48. The number of unbranched alkanes of at least 4 members (excludes halogenated alkanes) is 16. The second-order valence-electron chi connectivity index (χ2n) is 22.6. The standard InChI is InChI=1S/C76H121NO8/c1-6-8-10-12-14-16-18-20-22-24-26-28-30-31-32-33-34-35-36-37-38-39-40-41-42-43-45-47-49-51-53-55-57-59-61-63-65-67-74(79)85-72(71-84-76(75(80)81)82-69-68-77(3,4)5)70-83-73(78)66-64-62-60-58-56-54-52-50-48-46-44-29-27-25-23-21-19-17-15-13-11-9-7-2/h8-11,14-17,20-23,26-29,31-32,34-35,37-38,46,48,52,54,58,60,72,76H,6-7,12-13,18-19,24-25,30,33,36,39-45,47,49-51,53,55-57,59,61-71H2,1-5H3/b10-8-,11-9-,16-14-,17-15-,22-20-,23-21-,28-26-,29-27-,32-31-,35-34-,38-37-,48-46-,54-52-,60-58-. The second-order valence-corrected chi connectivity index (χ2v) is 22.6. The van der Waals surface area contributed by atoms with Gasteiger partial charge in [-0.2, -0.15) is 0 Å². The first-order valence-corrected chi connectivity index (χ1v) is 33.3. The minimum Gasteiger partial charge on any atom is -0.545 e. The first-order valence-electron chi connectivity index (χ1n) is 33.3. The van der Waals surface area contributed by atoms with Gasteiger partial charge < -0.3 is 33.3 Å². The Morgan fingerprint density at radius 3 is 0.976 bits per heavy atom. The van der Waals surface area contributed by atoms with Crippen molar-refractivity contribution in [2.24, 2.45) is 0 Å². The van der Waals surface area contributed by atoms with E-state index in [1.54, 1.807) is 0 Å². The predicted octanol–water partition coefficient (Wildman–Crippen LogP) is 19.3. The van der Waals surface area contributed by atoms with E-state index in [0.29, 0.717) is 23.9 Å². The molecule has 0 bridgehead atoms. The fourth-order valence-electron chi connectivity index (χ4n) is 8.45. The van der Waals surface area contributed by atoms with Crippen LogP contribution in [0.4, 0.5) is 0 Å². The fourth-order valence-corrected chi connectivity index (χ4v) is 8.45. The van der Waals surface area contributed by atoms with Crippen LogP contribution >= 0.6 is 0 Å². The fraction of sp³-hybridized carbons (Fsp3) is 0.592. The molecular formula is C76H121NO8. The molecule has 2 atom stereocenters. The highest BCUT2D eigenvalue weighted by molar-refractivity contribution is 5.70. The van der Waals surface area contributed by atoms with Crippen molar-refractivity contribution in [3.63, 3.8) is 0 Å². The van der Waals surface area contributed by atoms with Gasteiger partial charge in [0, 0.05) is 12.8 Å². The number of carboxylic acids is 1. The maximum atomic E-state index is 12.9. The van der Waals surface area contributed by atoms with E-state index in [4.69, 9.17) is 18.9 Å². The lowest BCUT2D eigenvalue weighted by Gasteiger charge is -2.26. The third-order valence-electron chi connectivity index (χ3n) is 13.5. The number of quaternary nitrogens is 1. The molecule has 0 spiro atoms. The van der Waals surface area contributed by atoms with Gasteiger partial charge in [-0.3, -0.25) is 9.59 Å². The molecular weight excluding hydrogens is 1050 g/mol. The number of hydrogen-bond donors (Lipinski definition) is 0. The van der Waals surface area contributed by atoms with Gasteiger partial charge in [0.15, 0.2) is 12.4 Å². The van der Waals surface area contributed by atoms with Crippen LogP contribution in [0.1, 0.15) is 232 Å². The Labute approximate surface area is 520 Å². The number of nitrogens with zero attached hydrogens (tertiary/aromatic N) is 1. The Morgan fingerprint density at radius 1 is 0.353 bits per heavy atom. The molecule has 0 rings (SSSR count).